The minimum atomic E-state index is -0.638. The lowest BCUT2D eigenvalue weighted by Gasteiger charge is -2.07. The van der Waals surface area contributed by atoms with Crippen molar-refractivity contribution in [1.82, 2.24) is 0 Å². The Morgan fingerprint density at radius 2 is 1.79 bits per heavy atom. The first-order valence-corrected chi connectivity index (χ1v) is 6.37. The number of nitrogens with one attached hydrogen (secondary N) is 1. The Hall–Kier alpha value is -1.42. The molecule has 0 fully saturated rings. The second-order valence-corrected chi connectivity index (χ2v) is 4.85. The molecule has 0 saturated heterocycles. The van der Waals surface area contributed by atoms with Gasteiger partial charge in [0.05, 0.1) is 10.0 Å². The van der Waals surface area contributed by atoms with E-state index in [9.17, 15) is 4.79 Å². The predicted octanol–water partition coefficient (Wildman–Crippen LogP) is 5.26. The molecule has 1 N–H and O–H groups in total. The van der Waals surface area contributed by atoms with Crippen molar-refractivity contribution in [2.45, 2.75) is 0 Å². The lowest BCUT2D eigenvalue weighted by atomic mass is 10.3. The summed E-state index contributed by atoms with van der Waals surface area (Å²) < 4.78 is 5.06. The molecule has 0 aliphatic carbocycles. The number of halogens is 3. The van der Waals surface area contributed by atoms with Gasteiger partial charge in [-0.05, 0) is 36.4 Å². The van der Waals surface area contributed by atoms with Crippen LogP contribution in [0, 0.1) is 0 Å². The molecular formula is C13H8Cl3NO2. The average molecular weight is 317 g/mol. The summed E-state index contributed by atoms with van der Waals surface area (Å²) >= 11 is 17.4. The van der Waals surface area contributed by atoms with Crippen LogP contribution in [0.3, 0.4) is 0 Å². The lowest BCUT2D eigenvalue weighted by Crippen LogP contribution is -2.16. The molecule has 2 aromatic rings. The molecule has 98 valence electrons. The third kappa shape index (κ3) is 4.03. The van der Waals surface area contributed by atoms with Crippen LogP contribution in [0.5, 0.6) is 5.75 Å². The number of carbonyl (C=O) groups excluding carboxylic acids is 1. The van der Waals surface area contributed by atoms with E-state index in [-0.39, 0.29) is 0 Å². The minimum Gasteiger partial charge on any atom is -0.410 e. The average Bonchev–Trinajstić information content (AvgIpc) is 2.34. The van der Waals surface area contributed by atoms with Gasteiger partial charge in [0.15, 0.2) is 0 Å². The number of carbonyl (C=O) groups is 1. The van der Waals surface area contributed by atoms with E-state index in [1.807, 2.05) is 0 Å². The maximum absolute atomic E-state index is 11.6. The second kappa shape index (κ2) is 6.15. The monoisotopic (exact) mass is 315 g/mol. The summed E-state index contributed by atoms with van der Waals surface area (Å²) in [5, 5.41) is 3.78. The van der Waals surface area contributed by atoms with Gasteiger partial charge in [0.1, 0.15) is 5.75 Å². The van der Waals surface area contributed by atoms with E-state index in [0.29, 0.717) is 26.5 Å². The van der Waals surface area contributed by atoms with Crippen LogP contribution in [-0.4, -0.2) is 6.09 Å². The van der Waals surface area contributed by atoms with Gasteiger partial charge in [-0.15, -0.1) is 0 Å². The summed E-state index contributed by atoms with van der Waals surface area (Å²) in [6.45, 7) is 0. The van der Waals surface area contributed by atoms with Gasteiger partial charge in [0, 0.05) is 10.7 Å². The quantitative estimate of drug-likeness (QED) is 0.821. The molecule has 0 aromatic heterocycles. The van der Waals surface area contributed by atoms with Crippen molar-refractivity contribution in [2.24, 2.45) is 0 Å². The van der Waals surface area contributed by atoms with Crippen molar-refractivity contribution >= 4 is 46.6 Å². The summed E-state index contributed by atoms with van der Waals surface area (Å²) in [7, 11) is 0. The van der Waals surface area contributed by atoms with Crippen molar-refractivity contribution in [3.05, 3.63) is 57.5 Å². The van der Waals surface area contributed by atoms with Crippen LogP contribution in [0.25, 0.3) is 0 Å². The fraction of sp³-hybridized carbons (Fsp3) is 0. The first-order valence-electron chi connectivity index (χ1n) is 5.24. The van der Waals surface area contributed by atoms with E-state index in [4.69, 9.17) is 39.5 Å². The fourth-order valence-electron chi connectivity index (χ4n) is 1.35. The van der Waals surface area contributed by atoms with E-state index in [2.05, 4.69) is 5.32 Å². The molecule has 1 amide bonds. The Bertz CT molecular complexity index is 617. The molecule has 3 nitrogen and oxygen atoms in total. The molecule has 0 unspecified atom stereocenters. The molecule has 0 aliphatic rings. The lowest BCUT2D eigenvalue weighted by molar-refractivity contribution is 0.215. The molecule has 0 aliphatic heterocycles. The second-order valence-electron chi connectivity index (χ2n) is 3.60. The summed E-state index contributed by atoms with van der Waals surface area (Å²) in [4.78, 5) is 11.6. The molecule has 2 aromatic carbocycles. The van der Waals surface area contributed by atoms with E-state index in [1.165, 1.54) is 12.1 Å². The van der Waals surface area contributed by atoms with Crippen molar-refractivity contribution < 1.29 is 9.53 Å². The third-order valence-corrected chi connectivity index (χ3v) is 3.15. The van der Waals surface area contributed by atoms with Crippen LogP contribution in [0.4, 0.5) is 10.5 Å². The number of amides is 1. The number of ether oxygens (including phenoxy) is 1. The molecule has 6 heteroatoms. The van der Waals surface area contributed by atoms with E-state index in [0.717, 1.165) is 0 Å². The van der Waals surface area contributed by atoms with Crippen LogP contribution in [0.15, 0.2) is 42.5 Å². The summed E-state index contributed by atoms with van der Waals surface area (Å²) in [6.07, 6.45) is -0.638. The molecule has 0 saturated carbocycles. The maximum Gasteiger partial charge on any atom is 0.417 e. The number of anilines is 1. The Labute approximate surface area is 125 Å². The van der Waals surface area contributed by atoms with Gasteiger partial charge < -0.3 is 4.74 Å². The first-order chi connectivity index (χ1) is 9.04. The van der Waals surface area contributed by atoms with Gasteiger partial charge in [-0.2, -0.15) is 0 Å². The summed E-state index contributed by atoms with van der Waals surface area (Å²) in [5.74, 6) is 0.352. The number of benzene rings is 2. The number of rotatable bonds is 2. The normalized spacial score (nSPS) is 10.1. The highest BCUT2D eigenvalue weighted by Crippen LogP contribution is 2.25. The zero-order valence-electron chi connectivity index (χ0n) is 9.49. The zero-order valence-corrected chi connectivity index (χ0v) is 11.8. The summed E-state index contributed by atoms with van der Waals surface area (Å²) in [5.41, 5.74) is 0.487. The molecular weight excluding hydrogens is 309 g/mol. The van der Waals surface area contributed by atoms with Gasteiger partial charge in [-0.25, -0.2) is 4.79 Å². The molecule has 0 radical (unpaired) electrons. The Morgan fingerprint density at radius 1 is 1.00 bits per heavy atom. The van der Waals surface area contributed by atoms with Crippen LogP contribution in [-0.2, 0) is 0 Å². The topological polar surface area (TPSA) is 38.3 Å². The van der Waals surface area contributed by atoms with Crippen LogP contribution in [0.1, 0.15) is 0 Å². The molecule has 0 heterocycles. The van der Waals surface area contributed by atoms with Gasteiger partial charge in [0.25, 0.3) is 0 Å². The van der Waals surface area contributed by atoms with Crippen molar-refractivity contribution in [2.75, 3.05) is 5.32 Å². The molecule has 19 heavy (non-hydrogen) atoms. The molecule has 0 atom stereocenters. The smallest absolute Gasteiger partial charge is 0.410 e. The van der Waals surface area contributed by atoms with Crippen molar-refractivity contribution in [1.29, 1.82) is 0 Å². The standard InChI is InChI=1S/C13H8Cl3NO2/c14-8-2-1-3-10(6-8)19-13(18)17-9-4-5-11(15)12(16)7-9/h1-7H,(H,17,18). The highest BCUT2D eigenvalue weighted by atomic mass is 35.5. The minimum absolute atomic E-state index is 0.349. The summed E-state index contributed by atoms with van der Waals surface area (Å²) in [6, 6.07) is 11.3. The number of hydrogen-bond donors (Lipinski definition) is 1. The third-order valence-electron chi connectivity index (χ3n) is 2.17. The number of hydrogen-bond acceptors (Lipinski definition) is 2. The largest absolute Gasteiger partial charge is 0.417 e. The SMILES string of the molecule is O=C(Nc1ccc(Cl)c(Cl)c1)Oc1cccc(Cl)c1. The van der Waals surface area contributed by atoms with E-state index < -0.39 is 6.09 Å². The molecule has 0 spiro atoms. The van der Waals surface area contributed by atoms with Gasteiger partial charge >= 0.3 is 6.09 Å². The predicted molar refractivity (Wildman–Crippen MR) is 77.6 cm³/mol. The van der Waals surface area contributed by atoms with Crippen LogP contribution >= 0.6 is 34.8 Å². The highest BCUT2D eigenvalue weighted by molar-refractivity contribution is 6.42. The Kier molecular flexibility index (Phi) is 4.53. The first kappa shape index (κ1) is 14.0. The van der Waals surface area contributed by atoms with Gasteiger partial charge in [0.2, 0.25) is 0 Å². The van der Waals surface area contributed by atoms with E-state index >= 15 is 0 Å². The molecule has 0 bridgehead atoms. The van der Waals surface area contributed by atoms with Crippen molar-refractivity contribution in [3.8, 4) is 5.75 Å². The Balaban J connectivity index is 2.03. The van der Waals surface area contributed by atoms with Crippen molar-refractivity contribution in [3.63, 3.8) is 0 Å². The van der Waals surface area contributed by atoms with Gasteiger partial charge in [-0.3, -0.25) is 5.32 Å². The Morgan fingerprint density at radius 3 is 2.47 bits per heavy atom. The van der Waals surface area contributed by atoms with Gasteiger partial charge in [-0.1, -0.05) is 40.9 Å². The molecule has 2 rings (SSSR count). The van der Waals surface area contributed by atoms with Crippen LogP contribution in [0.2, 0.25) is 15.1 Å². The van der Waals surface area contributed by atoms with E-state index in [1.54, 1.807) is 30.3 Å². The highest BCUT2D eigenvalue weighted by Gasteiger charge is 2.07. The van der Waals surface area contributed by atoms with Crippen LogP contribution < -0.4 is 10.1 Å². The fourth-order valence-corrected chi connectivity index (χ4v) is 1.83. The zero-order chi connectivity index (χ0) is 13.8. The maximum atomic E-state index is 11.6.